The first-order valence-corrected chi connectivity index (χ1v) is 5.67. The Balaban J connectivity index is 2.84. The van der Waals surface area contributed by atoms with Gasteiger partial charge >= 0.3 is 6.09 Å². The van der Waals surface area contributed by atoms with Crippen molar-refractivity contribution in [2.45, 2.75) is 26.4 Å². The van der Waals surface area contributed by atoms with E-state index in [1.165, 1.54) is 0 Å². The van der Waals surface area contributed by atoms with Crippen molar-refractivity contribution in [3.05, 3.63) is 23.2 Å². The number of nitrogens with one attached hydrogen (secondary N) is 2. The van der Waals surface area contributed by atoms with Crippen LogP contribution in [0.5, 0.6) is 0 Å². The van der Waals surface area contributed by atoms with Gasteiger partial charge in [-0.05, 0) is 32.9 Å². The molecule has 1 aromatic carbocycles. The van der Waals surface area contributed by atoms with E-state index in [9.17, 15) is 4.79 Å². The molecular weight excluding hydrogens is 240 g/mol. The first-order chi connectivity index (χ1) is 7.83. The molecule has 0 aromatic heterocycles. The lowest BCUT2D eigenvalue weighted by atomic mass is 10.2. The number of carbonyl (C=O) groups excluding carboxylic acids is 1. The molecule has 0 aliphatic rings. The molecule has 0 atom stereocenters. The first kappa shape index (κ1) is 13.6. The Kier molecular flexibility index (Phi) is 4.23. The fourth-order valence-electron chi connectivity index (χ4n) is 1.27. The van der Waals surface area contributed by atoms with Gasteiger partial charge in [0.1, 0.15) is 5.60 Å². The van der Waals surface area contributed by atoms with Crippen LogP contribution >= 0.6 is 11.6 Å². The second-order valence-corrected chi connectivity index (χ2v) is 4.95. The third kappa shape index (κ3) is 4.15. The number of hydrogen-bond donors (Lipinski definition) is 2. The standard InChI is InChI=1S/C12H17ClN2O2/c1-12(2,3)17-11(16)15-10-8(13)6-5-7-9(10)14-4/h5-7,14H,1-4H3,(H,15,16). The molecule has 0 saturated heterocycles. The van der Waals surface area contributed by atoms with Gasteiger partial charge in [0.15, 0.2) is 0 Å². The highest BCUT2D eigenvalue weighted by molar-refractivity contribution is 6.34. The molecule has 0 fully saturated rings. The topological polar surface area (TPSA) is 50.4 Å². The molecule has 2 N–H and O–H groups in total. The highest BCUT2D eigenvalue weighted by Crippen LogP contribution is 2.30. The van der Waals surface area contributed by atoms with Gasteiger partial charge in [0.2, 0.25) is 0 Å². The van der Waals surface area contributed by atoms with Crippen LogP contribution < -0.4 is 10.6 Å². The van der Waals surface area contributed by atoms with Gasteiger partial charge < -0.3 is 10.1 Å². The van der Waals surface area contributed by atoms with E-state index in [1.54, 1.807) is 40.0 Å². The number of ether oxygens (including phenoxy) is 1. The average Bonchev–Trinajstić information content (AvgIpc) is 2.18. The summed E-state index contributed by atoms with van der Waals surface area (Å²) in [5, 5.41) is 6.04. The van der Waals surface area contributed by atoms with Gasteiger partial charge in [-0.1, -0.05) is 17.7 Å². The van der Waals surface area contributed by atoms with E-state index in [0.29, 0.717) is 10.7 Å². The molecule has 1 amide bonds. The Morgan fingerprint density at radius 1 is 1.35 bits per heavy atom. The lowest BCUT2D eigenvalue weighted by Crippen LogP contribution is -2.27. The van der Waals surface area contributed by atoms with Crippen molar-refractivity contribution in [1.29, 1.82) is 0 Å². The molecule has 5 heteroatoms. The van der Waals surface area contributed by atoms with Crippen LogP contribution in [0.2, 0.25) is 5.02 Å². The Hall–Kier alpha value is -1.42. The van der Waals surface area contributed by atoms with Gasteiger partial charge in [0.25, 0.3) is 0 Å². The van der Waals surface area contributed by atoms with Crippen molar-refractivity contribution in [1.82, 2.24) is 0 Å². The summed E-state index contributed by atoms with van der Waals surface area (Å²) < 4.78 is 5.16. The Morgan fingerprint density at radius 3 is 2.53 bits per heavy atom. The van der Waals surface area contributed by atoms with Crippen LogP contribution in [0.4, 0.5) is 16.2 Å². The van der Waals surface area contributed by atoms with E-state index in [-0.39, 0.29) is 0 Å². The maximum absolute atomic E-state index is 11.6. The first-order valence-electron chi connectivity index (χ1n) is 5.30. The maximum Gasteiger partial charge on any atom is 0.412 e. The van der Waals surface area contributed by atoms with E-state index in [0.717, 1.165) is 5.69 Å². The van der Waals surface area contributed by atoms with E-state index in [2.05, 4.69) is 10.6 Å². The van der Waals surface area contributed by atoms with E-state index in [1.807, 2.05) is 6.07 Å². The Morgan fingerprint density at radius 2 is 2.00 bits per heavy atom. The van der Waals surface area contributed by atoms with Crippen LogP contribution in [0.25, 0.3) is 0 Å². The minimum atomic E-state index is -0.537. The van der Waals surface area contributed by atoms with Crippen molar-refractivity contribution in [3.63, 3.8) is 0 Å². The number of para-hydroxylation sites is 1. The summed E-state index contributed by atoms with van der Waals surface area (Å²) in [6.45, 7) is 5.41. The van der Waals surface area contributed by atoms with Crippen molar-refractivity contribution in [3.8, 4) is 0 Å². The Labute approximate surface area is 106 Å². The number of carbonyl (C=O) groups is 1. The smallest absolute Gasteiger partial charge is 0.412 e. The van der Waals surface area contributed by atoms with Crippen LogP contribution in [0, 0.1) is 0 Å². The van der Waals surface area contributed by atoms with E-state index >= 15 is 0 Å². The third-order valence-corrected chi connectivity index (χ3v) is 2.22. The number of benzene rings is 1. The van der Waals surface area contributed by atoms with Gasteiger partial charge in [-0.25, -0.2) is 4.79 Å². The van der Waals surface area contributed by atoms with Gasteiger partial charge in [-0.2, -0.15) is 0 Å². The maximum atomic E-state index is 11.6. The molecule has 0 radical (unpaired) electrons. The molecule has 0 spiro atoms. The summed E-state index contributed by atoms with van der Waals surface area (Å²) in [6.07, 6.45) is -0.526. The average molecular weight is 257 g/mol. The monoisotopic (exact) mass is 256 g/mol. The van der Waals surface area contributed by atoms with Gasteiger partial charge in [0, 0.05) is 7.05 Å². The predicted octanol–water partition coefficient (Wildman–Crippen LogP) is 3.73. The highest BCUT2D eigenvalue weighted by atomic mass is 35.5. The highest BCUT2D eigenvalue weighted by Gasteiger charge is 2.18. The fourth-order valence-corrected chi connectivity index (χ4v) is 1.49. The lowest BCUT2D eigenvalue weighted by Gasteiger charge is -2.20. The third-order valence-electron chi connectivity index (χ3n) is 1.91. The molecule has 0 heterocycles. The summed E-state index contributed by atoms with van der Waals surface area (Å²) in [5.74, 6) is 0. The SMILES string of the molecule is CNc1cccc(Cl)c1NC(=O)OC(C)(C)C. The van der Waals surface area contributed by atoms with E-state index < -0.39 is 11.7 Å². The molecule has 4 nitrogen and oxygen atoms in total. The number of amides is 1. The molecule has 1 aromatic rings. The number of halogens is 1. The zero-order chi connectivity index (χ0) is 13.1. The molecule has 17 heavy (non-hydrogen) atoms. The summed E-state index contributed by atoms with van der Waals surface area (Å²) in [4.78, 5) is 11.6. The molecule has 0 unspecified atom stereocenters. The summed E-state index contributed by atoms with van der Waals surface area (Å²) in [6, 6.07) is 5.32. The molecule has 0 aliphatic carbocycles. The minimum absolute atomic E-state index is 0.461. The van der Waals surface area contributed by atoms with Crippen molar-refractivity contribution < 1.29 is 9.53 Å². The van der Waals surface area contributed by atoms with Crippen molar-refractivity contribution in [2.24, 2.45) is 0 Å². The summed E-state index contributed by atoms with van der Waals surface area (Å²) in [7, 11) is 1.76. The van der Waals surface area contributed by atoms with Gasteiger partial charge in [-0.3, -0.25) is 5.32 Å². The zero-order valence-electron chi connectivity index (χ0n) is 10.4. The normalized spacial score (nSPS) is 10.9. The molecular formula is C12H17ClN2O2. The van der Waals surface area contributed by atoms with Crippen molar-refractivity contribution in [2.75, 3.05) is 17.7 Å². The van der Waals surface area contributed by atoms with Crippen molar-refractivity contribution >= 4 is 29.1 Å². The van der Waals surface area contributed by atoms with Crippen LogP contribution in [0.3, 0.4) is 0 Å². The quantitative estimate of drug-likeness (QED) is 0.848. The summed E-state index contributed by atoms with van der Waals surface area (Å²) in [5.41, 5.74) is 0.722. The van der Waals surface area contributed by atoms with E-state index in [4.69, 9.17) is 16.3 Å². The van der Waals surface area contributed by atoms with Crippen LogP contribution in [0.15, 0.2) is 18.2 Å². The number of anilines is 2. The number of rotatable bonds is 2. The fraction of sp³-hybridized carbons (Fsp3) is 0.417. The molecule has 0 bridgehead atoms. The molecule has 94 valence electrons. The van der Waals surface area contributed by atoms with Crippen LogP contribution in [-0.4, -0.2) is 18.7 Å². The van der Waals surface area contributed by atoms with Crippen LogP contribution in [0.1, 0.15) is 20.8 Å². The van der Waals surface area contributed by atoms with Crippen LogP contribution in [-0.2, 0) is 4.74 Å². The zero-order valence-corrected chi connectivity index (χ0v) is 11.2. The second kappa shape index (κ2) is 5.27. The van der Waals surface area contributed by atoms with Gasteiger partial charge in [-0.15, -0.1) is 0 Å². The minimum Gasteiger partial charge on any atom is -0.444 e. The Bertz CT molecular complexity index is 413. The second-order valence-electron chi connectivity index (χ2n) is 4.54. The predicted molar refractivity (Wildman–Crippen MR) is 70.9 cm³/mol. The molecule has 0 aliphatic heterocycles. The number of hydrogen-bond acceptors (Lipinski definition) is 3. The largest absolute Gasteiger partial charge is 0.444 e. The molecule has 1 rings (SSSR count). The lowest BCUT2D eigenvalue weighted by molar-refractivity contribution is 0.0636. The summed E-state index contributed by atoms with van der Waals surface area (Å²) >= 11 is 6.01. The molecule has 0 saturated carbocycles. The van der Waals surface area contributed by atoms with Gasteiger partial charge in [0.05, 0.1) is 16.4 Å².